The molecule has 0 aliphatic carbocycles. The molecule has 1 aliphatic rings. The molecule has 2 rings (SSSR count). The number of carbonyl (C=O) groups excluding carboxylic acids is 1. The van der Waals surface area contributed by atoms with Crippen molar-refractivity contribution in [3.63, 3.8) is 0 Å². The highest BCUT2D eigenvalue weighted by molar-refractivity contribution is 5.96. The highest BCUT2D eigenvalue weighted by atomic mass is 16.5. The minimum Gasteiger partial charge on any atom is -0.385 e. The van der Waals surface area contributed by atoms with Crippen molar-refractivity contribution in [1.82, 2.24) is 4.90 Å². The molecular weight excluding hydrogens is 240 g/mol. The number of methoxy groups -OCH3 is 1. The van der Waals surface area contributed by atoms with E-state index >= 15 is 0 Å². The molecule has 0 spiro atoms. The smallest absolute Gasteiger partial charge is 0.254 e. The molecule has 0 aromatic heterocycles. The zero-order valence-corrected chi connectivity index (χ0v) is 11.9. The summed E-state index contributed by atoms with van der Waals surface area (Å²) in [7, 11) is 1.70. The summed E-state index contributed by atoms with van der Waals surface area (Å²) in [6, 6.07) is 5.91. The molecule has 0 radical (unpaired) electrons. The van der Waals surface area contributed by atoms with Gasteiger partial charge in [-0.25, -0.2) is 0 Å². The minimum atomic E-state index is 0.111. The number of hydrogen-bond acceptors (Lipinski definition) is 3. The Morgan fingerprint density at radius 2 is 2.32 bits per heavy atom. The average Bonchev–Trinajstić information content (AvgIpc) is 2.87. The Hall–Kier alpha value is -1.55. The van der Waals surface area contributed by atoms with Crippen molar-refractivity contribution in [2.24, 2.45) is 0 Å². The molecule has 0 saturated carbocycles. The van der Waals surface area contributed by atoms with E-state index in [1.54, 1.807) is 7.11 Å². The maximum atomic E-state index is 12.4. The first-order valence-corrected chi connectivity index (χ1v) is 6.82. The van der Waals surface area contributed by atoms with Gasteiger partial charge in [-0.1, -0.05) is 0 Å². The fourth-order valence-electron chi connectivity index (χ4n) is 2.49. The molecule has 1 aromatic rings. The SMILES string of the molecule is CCNc1ccc(C(=O)N2CCC(OC)C2)c(C)c1. The van der Waals surface area contributed by atoms with Crippen LogP contribution < -0.4 is 5.32 Å². The second-order valence-corrected chi connectivity index (χ2v) is 4.96. The number of anilines is 1. The summed E-state index contributed by atoms with van der Waals surface area (Å²) in [6.45, 7) is 6.41. The number of hydrogen-bond donors (Lipinski definition) is 1. The van der Waals surface area contributed by atoms with Gasteiger partial charge in [0.25, 0.3) is 5.91 Å². The van der Waals surface area contributed by atoms with Gasteiger partial charge in [0.1, 0.15) is 0 Å². The zero-order chi connectivity index (χ0) is 13.8. The van der Waals surface area contributed by atoms with E-state index in [0.29, 0.717) is 6.54 Å². The number of aryl methyl sites for hydroxylation is 1. The van der Waals surface area contributed by atoms with Gasteiger partial charge < -0.3 is 15.0 Å². The first-order valence-electron chi connectivity index (χ1n) is 6.82. The number of rotatable bonds is 4. The number of likely N-dealkylation sites (tertiary alicyclic amines) is 1. The summed E-state index contributed by atoms with van der Waals surface area (Å²) in [5.74, 6) is 0.111. The van der Waals surface area contributed by atoms with Crippen LogP contribution >= 0.6 is 0 Å². The Labute approximate surface area is 114 Å². The Morgan fingerprint density at radius 1 is 1.53 bits per heavy atom. The Kier molecular flexibility index (Phi) is 4.43. The molecule has 1 aromatic carbocycles. The van der Waals surface area contributed by atoms with Gasteiger partial charge in [0.2, 0.25) is 0 Å². The molecule has 19 heavy (non-hydrogen) atoms. The molecule has 4 nitrogen and oxygen atoms in total. The largest absolute Gasteiger partial charge is 0.385 e. The van der Waals surface area contributed by atoms with Crippen LogP contribution in [0.4, 0.5) is 5.69 Å². The monoisotopic (exact) mass is 262 g/mol. The lowest BCUT2D eigenvalue weighted by Gasteiger charge is -2.18. The van der Waals surface area contributed by atoms with E-state index < -0.39 is 0 Å². The topological polar surface area (TPSA) is 41.6 Å². The summed E-state index contributed by atoms with van der Waals surface area (Å²) in [5.41, 5.74) is 2.87. The van der Waals surface area contributed by atoms with E-state index in [4.69, 9.17) is 4.74 Å². The molecule has 0 bridgehead atoms. The van der Waals surface area contributed by atoms with Gasteiger partial charge in [-0.05, 0) is 44.0 Å². The number of carbonyl (C=O) groups is 1. The van der Waals surface area contributed by atoms with Gasteiger partial charge in [-0.3, -0.25) is 4.79 Å². The van der Waals surface area contributed by atoms with E-state index in [1.807, 2.05) is 30.0 Å². The summed E-state index contributed by atoms with van der Waals surface area (Å²) < 4.78 is 5.30. The van der Waals surface area contributed by atoms with Crippen molar-refractivity contribution in [3.05, 3.63) is 29.3 Å². The lowest BCUT2D eigenvalue weighted by atomic mass is 10.1. The van der Waals surface area contributed by atoms with Crippen LogP contribution in [-0.4, -0.2) is 43.7 Å². The Morgan fingerprint density at radius 3 is 2.89 bits per heavy atom. The first-order chi connectivity index (χ1) is 9.15. The molecular formula is C15H22N2O2. The van der Waals surface area contributed by atoms with Gasteiger partial charge in [0.05, 0.1) is 6.10 Å². The van der Waals surface area contributed by atoms with Crippen LogP contribution in [0.25, 0.3) is 0 Å². The van der Waals surface area contributed by atoms with Crippen LogP contribution in [0.15, 0.2) is 18.2 Å². The maximum Gasteiger partial charge on any atom is 0.254 e. The van der Waals surface area contributed by atoms with E-state index in [-0.39, 0.29) is 12.0 Å². The molecule has 1 aliphatic heterocycles. The first kappa shape index (κ1) is 13.9. The van der Waals surface area contributed by atoms with Crippen molar-refractivity contribution < 1.29 is 9.53 Å². The second-order valence-electron chi connectivity index (χ2n) is 4.96. The minimum absolute atomic E-state index is 0.111. The molecule has 1 atom stereocenters. The summed E-state index contributed by atoms with van der Waals surface area (Å²) >= 11 is 0. The van der Waals surface area contributed by atoms with Gasteiger partial charge in [-0.15, -0.1) is 0 Å². The predicted molar refractivity (Wildman–Crippen MR) is 76.7 cm³/mol. The van der Waals surface area contributed by atoms with E-state index in [1.165, 1.54) is 0 Å². The predicted octanol–water partition coefficient (Wildman–Crippen LogP) is 2.29. The highest BCUT2D eigenvalue weighted by Crippen LogP contribution is 2.20. The normalized spacial score (nSPS) is 18.7. The molecule has 1 heterocycles. The number of nitrogens with zero attached hydrogens (tertiary/aromatic N) is 1. The quantitative estimate of drug-likeness (QED) is 0.905. The number of ether oxygens (including phenoxy) is 1. The summed E-state index contributed by atoms with van der Waals surface area (Å²) in [6.07, 6.45) is 1.11. The van der Waals surface area contributed by atoms with Crippen LogP contribution in [0.2, 0.25) is 0 Å². The molecule has 1 fully saturated rings. The van der Waals surface area contributed by atoms with Crippen molar-refractivity contribution in [1.29, 1.82) is 0 Å². The Bertz CT molecular complexity index is 459. The van der Waals surface area contributed by atoms with Crippen molar-refractivity contribution >= 4 is 11.6 Å². The molecule has 104 valence electrons. The third kappa shape index (κ3) is 3.07. The van der Waals surface area contributed by atoms with E-state index in [2.05, 4.69) is 12.2 Å². The van der Waals surface area contributed by atoms with Gasteiger partial charge in [0, 0.05) is 38.0 Å². The highest BCUT2D eigenvalue weighted by Gasteiger charge is 2.27. The number of amides is 1. The molecule has 1 N–H and O–H groups in total. The third-order valence-electron chi connectivity index (χ3n) is 3.60. The summed E-state index contributed by atoms with van der Waals surface area (Å²) in [4.78, 5) is 14.3. The average molecular weight is 262 g/mol. The summed E-state index contributed by atoms with van der Waals surface area (Å²) in [5, 5.41) is 3.26. The Balaban J connectivity index is 2.11. The lowest BCUT2D eigenvalue weighted by molar-refractivity contribution is 0.0723. The molecule has 1 unspecified atom stereocenters. The number of nitrogens with one attached hydrogen (secondary N) is 1. The van der Waals surface area contributed by atoms with Gasteiger partial charge in [-0.2, -0.15) is 0 Å². The lowest BCUT2D eigenvalue weighted by Crippen LogP contribution is -2.30. The third-order valence-corrected chi connectivity index (χ3v) is 3.60. The van der Waals surface area contributed by atoms with Crippen LogP contribution in [0.1, 0.15) is 29.3 Å². The van der Waals surface area contributed by atoms with Crippen LogP contribution in [0.3, 0.4) is 0 Å². The fourth-order valence-corrected chi connectivity index (χ4v) is 2.49. The van der Waals surface area contributed by atoms with Crippen molar-refractivity contribution in [3.8, 4) is 0 Å². The zero-order valence-electron chi connectivity index (χ0n) is 11.9. The van der Waals surface area contributed by atoms with Gasteiger partial charge >= 0.3 is 0 Å². The standard InChI is InChI=1S/C15H22N2O2/c1-4-16-12-5-6-14(11(2)9-12)15(18)17-8-7-13(10-17)19-3/h5-6,9,13,16H,4,7-8,10H2,1-3H3. The van der Waals surface area contributed by atoms with E-state index in [0.717, 1.165) is 36.3 Å². The van der Waals surface area contributed by atoms with Crippen LogP contribution in [-0.2, 0) is 4.74 Å². The molecule has 4 heteroatoms. The van der Waals surface area contributed by atoms with Crippen LogP contribution in [0, 0.1) is 6.92 Å². The van der Waals surface area contributed by atoms with Crippen LogP contribution in [0.5, 0.6) is 0 Å². The number of benzene rings is 1. The maximum absolute atomic E-state index is 12.4. The van der Waals surface area contributed by atoms with E-state index in [9.17, 15) is 4.79 Å². The fraction of sp³-hybridized carbons (Fsp3) is 0.533. The van der Waals surface area contributed by atoms with Gasteiger partial charge in [0.15, 0.2) is 0 Å². The molecule has 1 saturated heterocycles. The second kappa shape index (κ2) is 6.06. The van der Waals surface area contributed by atoms with Crippen molar-refractivity contribution in [2.45, 2.75) is 26.4 Å². The molecule has 1 amide bonds. The van der Waals surface area contributed by atoms with Crippen molar-refractivity contribution in [2.75, 3.05) is 32.1 Å².